The van der Waals surface area contributed by atoms with E-state index in [4.69, 9.17) is 14.2 Å². The number of H-pyrrole nitrogens is 1. The third-order valence-electron chi connectivity index (χ3n) is 10.6. The lowest BCUT2D eigenvalue weighted by Crippen LogP contribution is -2.50. The van der Waals surface area contributed by atoms with Crippen molar-refractivity contribution in [3.05, 3.63) is 30.0 Å². The summed E-state index contributed by atoms with van der Waals surface area (Å²) in [6.45, 7) is 7.11. The number of nitrogens with zero attached hydrogens (tertiary/aromatic N) is 1. The van der Waals surface area contributed by atoms with Gasteiger partial charge in [-0.05, 0) is 128 Å². The molecule has 3 atom stereocenters. The molecule has 3 amide bonds. The van der Waals surface area contributed by atoms with Crippen LogP contribution in [0.25, 0.3) is 10.9 Å². The third kappa shape index (κ3) is 8.93. The number of ether oxygens (including phenoxy) is 3. The number of alkyl carbamates (subject to hydrolysis) is 1. The van der Waals surface area contributed by atoms with Crippen molar-refractivity contribution in [1.29, 1.82) is 0 Å². The minimum atomic E-state index is -0.706. The third-order valence-corrected chi connectivity index (χ3v) is 10.6. The van der Waals surface area contributed by atoms with Crippen LogP contribution in [-0.2, 0) is 23.8 Å². The summed E-state index contributed by atoms with van der Waals surface area (Å²) >= 11 is 0. The maximum absolute atomic E-state index is 14.2. The molecule has 5 rings (SSSR count). The molecule has 2 aliphatic carbocycles. The maximum atomic E-state index is 14.2. The first-order chi connectivity index (χ1) is 23.4. The molecule has 1 aliphatic heterocycles. The number of halogens is 1. The number of fused-ring (bicyclic) bond motifs is 1. The van der Waals surface area contributed by atoms with Crippen LogP contribution in [0.1, 0.15) is 96.0 Å². The van der Waals surface area contributed by atoms with Crippen molar-refractivity contribution >= 4 is 40.5 Å². The van der Waals surface area contributed by atoms with Gasteiger partial charge in [-0.15, -0.1) is 0 Å². The van der Waals surface area contributed by atoms with E-state index in [1.54, 1.807) is 51.8 Å². The van der Waals surface area contributed by atoms with Gasteiger partial charge in [-0.3, -0.25) is 9.59 Å². The van der Waals surface area contributed by atoms with Crippen LogP contribution in [0.3, 0.4) is 0 Å². The molecule has 12 heteroatoms. The van der Waals surface area contributed by atoms with Crippen molar-refractivity contribution in [2.45, 2.75) is 109 Å². The molecule has 0 unspecified atom stereocenters. The van der Waals surface area contributed by atoms with E-state index >= 15 is 0 Å². The zero-order valence-electron chi connectivity index (χ0n) is 29.5. The monoisotopic (exact) mass is 684 g/mol. The summed E-state index contributed by atoms with van der Waals surface area (Å²) in [5, 5.41) is 6.55. The number of carbonyl (C=O) groups excluding carboxylic acids is 4. The Morgan fingerprint density at radius 2 is 1.71 bits per heavy atom. The van der Waals surface area contributed by atoms with E-state index in [-0.39, 0.29) is 42.3 Å². The molecule has 0 radical (unpaired) electrons. The molecule has 49 heavy (non-hydrogen) atoms. The van der Waals surface area contributed by atoms with E-state index in [2.05, 4.69) is 15.6 Å². The van der Waals surface area contributed by atoms with Gasteiger partial charge in [0.2, 0.25) is 11.8 Å². The fraction of sp³-hybridized carbons (Fsp3) is 0.676. The minimum Gasteiger partial charge on any atom is -0.461 e. The van der Waals surface area contributed by atoms with Crippen molar-refractivity contribution in [2.75, 3.05) is 32.3 Å². The number of esters is 1. The number of amides is 3. The summed E-state index contributed by atoms with van der Waals surface area (Å²) in [5.74, 6) is -0.715. The molecule has 3 fully saturated rings. The van der Waals surface area contributed by atoms with E-state index in [9.17, 15) is 23.6 Å². The van der Waals surface area contributed by atoms with Gasteiger partial charge in [-0.1, -0.05) is 0 Å². The fourth-order valence-electron chi connectivity index (χ4n) is 8.14. The number of methoxy groups -OCH3 is 1. The van der Waals surface area contributed by atoms with Crippen LogP contribution in [0.2, 0.25) is 0 Å². The lowest BCUT2D eigenvalue weighted by molar-refractivity contribution is -0.142. The maximum Gasteiger partial charge on any atom is 0.407 e. The largest absolute Gasteiger partial charge is 0.461 e. The second-order valence-corrected chi connectivity index (χ2v) is 14.9. The van der Waals surface area contributed by atoms with E-state index in [1.807, 2.05) is 12.1 Å². The number of hydrogen-bond donors (Lipinski definition) is 3. The Bertz CT molecular complexity index is 1470. The highest BCUT2D eigenvalue weighted by Gasteiger charge is 2.47. The van der Waals surface area contributed by atoms with Gasteiger partial charge < -0.3 is 34.7 Å². The lowest BCUT2D eigenvalue weighted by Gasteiger charge is -2.38. The number of carbonyl (C=O) groups is 4. The Balaban J connectivity index is 1.28. The average molecular weight is 685 g/mol. The summed E-state index contributed by atoms with van der Waals surface area (Å²) < 4.78 is 30.1. The summed E-state index contributed by atoms with van der Waals surface area (Å²) in [6.07, 6.45) is 6.43. The van der Waals surface area contributed by atoms with Gasteiger partial charge >= 0.3 is 12.1 Å². The molecule has 1 aromatic heterocycles. The molecule has 2 heterocycles. The number of rotatable bonds is 10. The summed E-state index contributed by atoms with van der Waals surface area (Å²) in [4.78, 5) is 57.8. The fourth-order valence-corrected chi connectivity index (χ4v) is 8.14. The predicted molar refractivity (Wildman–Crippen MR) is 184 cm³/mol. The van der Waals surface area contributed by atoms with Crippen LogP contribution in [-0.4, -0.2) is 84.5 Å². The van der Waals surface area contributed by atoms with Gasteiger partial charge in [-0.25, -0.2) is 14.0 Å². The van der Waals surface area contributed by atoms with Crippen molar-refractivity contribution in [1.82, 2.24) is 15.2 Å². The molecule has 270 valence electrons. The summed E-state index contributed by atoms with van der Waals surface area (Å²) in [7, 11) is 1.74. The highest BCUT2D eigenvalue weighted by molar-refractivity contribution is 6.01. The zero-order valence-corrected chi connectivity index (χ0v) is 29.5. The number of aromatic nitrogens is 1. The quantitative estimate of drug-likeness (QED) is 0.247. The van der Waals surface area contributed by atoms with Crippen LogP contribution < -0.4 is 10.6 Å². The summed E-state index contributed by atoms with van der Waals surface area (Å²) in [5.41, 5.74) is 0.992. The smallest absolute Gasteiger partial charge is 0.407 e. The van der Waals surface area contributed by atoms with Crippen LogP contribution >= 0.6 is 0 Å². The first-order valence-electron chi connectivity index (χ1n) is 17.9. The zero-order chi connectivity index (χ0) is 35.3. The van der Waals surface area contributed by atoms with E-state index in [1.165, 1.54) is 0 Å². The molecular formula is C37H53FN4O7. The minimum absolute atomic E-state index is 0.0243. The predicted octanol–water partition coefficient (Wildman–Crippen LogP) is 6.37. The number of likely N-dealkylation sites (tertiary alicyclic amines) is 1. The van der Waals surface area contributed by atoms with Crippen molar-refractivity contribution in [3.8, 4) is 0 Å². The summed E-state index contributed by atoms with van der Waals surface area (Å²) in [6, 6.07) is 5.85. The number of alkyl halides is 1. The number of aromatic amines is 1. The first kappa shape index (κ1) is 36.6. The molecular weight excluding hydrogens is 631 g/mol. The molecule has 3 aliphatic rings. The van der Waals surface area contributed by atoms with Crippen LogP contribution in [0, 0.1) is 23.7 Å². The van der Waals surface area contributed by atoms with E-state index in [0.717, 1.165) is 43.0 Å². The van der Waals surface area contributed by atoms with Gasteiger partial charge in [0.05, 0.1) is 18.8 Å². The van der Waals surface area contributed by atoms with Crippen molar-refractivity contribution < 1.29 is 37.8 Å². The Morgan fingerprint density at radius 3 is 2.35 bits per heavy atom. The Kier molecular flexibility index (Phi) is 11.9. The molecule has 1 aromatic carbocycles. The standard InChI is InChI=1S/C37H53FN4O7/c1-6-48-35(45)30-20-25-19-26(13-16-29(25)40-30)39-33(43)32-28(22-11-14-27(47-5)15-12-22)17-18-42(32)34(44)24-9-7-23(8-10-24)31(21-38)41-36(46)49-37(2,3)4/h13,16,19-20,22-24,27-28,31-32,40H,6-12,14-15,17-18,21H2,1-5H3,(H,39,43)(H,41,46)/t22?,23?,24?,27?,28-,31-,32+/m1/s1. The molecule has 0 bridgehead atoms. The van der Waals surface area contributed by atoms with Gasteiger partial charge in [0, 0.05) is 36.2 Å². The number of hydrogen-bond acceptors (Lipinski definition) is 7. The second kappa shape index (κ2) is 15.9. The van der Waals surface area contributed by atoms with Gasteiger partial charge in [0.1, 0.15) is 24.0 Å². The van der Waals surface area contributed by atoms with E-state index in [0.29, 0.717) is 49.5 Å². The Hall–Kier alpha value is -3.67. The Morgan fingerprint density at radius 1 is 1.00 bits per heavy atom. The average Bonchev–Trinajstić information content (AvgIpc) is 3.71. The van der Waals surface area contributed by atoms with Crippen LogP contribution in [0.15, 0.2) is 24.3 Å². The van der Waals surface area contributed by atoms with Crippen molar-refractivity contribution in [3.63, 3.8) is 0 Å². The SMILES string of the molecule is CCOC(=O)c1cc2cc(NC(=O)[C@@H]3[C@@H](C4CCC(OC)CC4)CCN3C(=O)C3CCC([C@@H](CF)NC(=O)OC(C)(C)C)CC3)ccc2[nH]1. The van der Waals surface area contributed by atoms with Crippen LogP contribution in [0.5, 0.6) is 0 Å². The second-order valence-electron chi connectivity index (χ2n) is 14.9. The molecule has 2 saturated carbocycles. The highest BCUT2D eigenvalue weighted by Crippen LogP contribution is 2.42. The number of benzene rings is 1. The molecule has 2 aromatic rings. The topological polar surface area (TPSA) is 139 Å². The van der Waals surface area contributed by atoms with Crippen LogP contribution in [0.4, 0.5) is 14.9 Å². The number of anilines is 1. The Labute approximate surface area is 288 Å². The van der Waals surface area contributed by atoms with Gasteiger partial charge in [0.25, 0.3) is 0 Å². The lowest BCUT2D eigenvalue weighted by atomic mass is 9.75. The molecule has 3 N–H and O–H groups in total. The molecule has 0 spiro atoms. The van der Waals surface area contributed by atoms with Gasteiger partial charge in [0.15, 0.2) is 0 Å². The van der Waals surface area contributed by atoms with E-state index < -0.39 is 36.4 Å². The molecule has 1 saturated heterocycles. The first-order valence-corrected chi connectivity index (χ1v) is 17.9. The molecule has 11 nitrogen and oxygen atoms in total. The van der Waals surface area contributed by atoms with Gasteiger partial charge in [-0.2, -0.15) is 0 Å². The normalized spacial score (nSPS) is 26.6. The highest BCUT2D eigenvalue weighted by atomic mass is 19.1. The van der Waals surface area contributed by atoms with Crippen molar-refractivity contribution in [2.24, 2.45) is 23.7 Å². The number of nitrogens with one attached hydrogen (secondary N) is 3.